The summed E-state index contributed by atoms with van der Waals surface area (Å²) in [6.07, 6.45) is 3.42. The van der Waals surface area contributed by atoms with Gasteiger partial charge in [-0.15, -0.1) is 13.2 Å². The first-order valence-corrected chi connectivity index (χ1v) is 4.40. The third kappa shape index (κ3) is 69.9. The monoisotopic (exact) mass is 310 g/mol. The zero-order valence-corrected chi connectivity index (χ0v) is 19.7. The largest absolute Gasteiger partial charge is 1.00 e. The quantitative estimate of drug-likeness (QED) is 0.222. The molecule has 0 aliphatic heterocycles. The molecule has 15 heavy (non-hydrogen) atoms. The fourth-order valence-corrected chi connectivity index (χ4v) is 0.235. The van der Waals surface area contributed by atoms with Gasteiger partial charge in [0.05, 0.1) is 13.2 Å². The van der Waals surface area contributed by atoms with Gasteiger partial charge in [0.25, 0.3) is 0 Å². The van der Waals surface area contributed by atoms with Crippen molar-refractivity contribution < 1.29 is 178 Å². The molecule has 0 atom stereocenters. The van der Waals surface area contributed by atoms with E-state index in [2.05, 4.69) is 13.2 Å². The summed E-state index contributed by atoms with van der Waals surface area (Å²) in [6.45, 7) is 8.18. The zero-order chi connectivity index (χ0) is 10.0. The van der Waals surface area contributed by atoms with Gasteiger partial charge >= 0.3 is 154 Å². The second-order valence-electron chi connectivity index (χ2n) is 1.56. The summed E-state index contributed by atoms with van der Waals surface area (Å²) in [5.74, 6) is 0. The van der Waals surface area contributed by atoms with Crippen molar-refractivity contribution in [2.45, 2.75) is 0 Å². The predicted octanol–water partition coefficient (Wildman–Crippen LogP) is -10.4. The SMILES string of the molecule is C=CCOCC=C.O=P([O-])([O-])[O-].[K+].[K+].[K+]. The average molecular weight is 310 g/mol. The Morgan fingerprint density at radius 1 is 1.00 bits per heavy atom. The van der Waals surface area contributed by atoms with Crippen LogP contribution in [-0.2, 0) is 9.30 Å². The molecule has 0 aromatic heterocycles. The van der Waals surface area contributed by atoms with Crippen LogP contribution in [0.25, 0.3) is 0 Å². The number of phosphoric acid groups is 1. The molecule has 0 amide bonds. The van der Waals surface area contributed by atoms with Crippen molar-refractivity contribution in [1.82, 2.24) is 0 Å². The first kappa shape index (κ1) is 31.7. The molecule has 0 unspecified atom stereocenters. The Morgan fingerprint density at radius 2 is 1.20 bits per heavy atom. The maximum atomic E-state index is 8.55. The van der Waals surface area contributed by atoms with Crippen LogP contribution >= 0.6 is 7.82 Å². The van der Waals surface area contributed by atoms with Gasteiger partial charge in [0.2, 0.25) is 0 Å². The van der Waals surface area contributed by atoms with Crippen LogP contribution in [0.2, 0.25) is 0 Å². The number of rotatable bonds is 4. The van der Waals surface area contributed by atoms with E-state index in [1.165, 1.54) is 0 Å². The zero-order valence-electron chi connectivity index (χ0n) is 9.47. The molecule has 0 N–H and O–H groups in total. The second kappa shape index (κ2) is 23.5. The summed E-state index contributed by atoms with van der Waals surface area (Å²) in [4.78, 5) is 25.6. The number of ether oxygens (including phenoxy) is 1. The molecule has 0 spiro atoms. The van der Waals surface area contributed by atoms with Gasteiger partial charge in [-0.3, -0.25) is 0 Å². The standard InChI is InChI=1S/C6H10O.3K.H3O4P/c1-3-5-7-6-4-2;;;;1-5(2,3)4/h3-4H,1-2,5-6H2;;;;(H3,1,2,3,4)/q;3*+1;/p-3. The molecule has 0 aromatic rings. The van der Waals surface area contributed by atoms with Crippen LogP contribution in [0.1, 0.15) is 0 Å². The molecular formula is C6H10K3O5P. The normalized spacial score (nSPS) is 7.67. The van der Waals surface area contributed by atoms with Crippen LogP contribution in [0.15, 0.2) is 25.3 Å². The van der Waals surface area contributed by atoms with E-state index in [-0.39, 0.29) is 154 Å². The van der Waals surface area contributed by atoms with Crippen LogP contribution < -0.4 is 169 Å². The molecule has 0 aliphatic rings. The van der Waals surface area contributed by atoms with E-state index in [0.29, 0.717) is 13.2 Å². The van der Waals surface area contributed by atoms with Crippen molar-refractivity contribution in [2.75, 3.05) is 13.2 Å². The van der Waals surface area contributed by atoms with Gasteiger partial charge in [0, 0.05) is 0 Å². The van der Waals surface area contributed by atoms with Gasteiger partial charge in [-0.2, -0.15) is 7.82 Å². The maximum absolute atomic E-state index is 8.55. The minimum Gasteiger partial charge on any atom is -0.822 e. The summed E-state index contributed by atoms with van der Waals surface area (Å²) in [5, 5.41) is 0. The Labute approximate surface area is 218 Å². The molecule has 0 heterocycles. The Hall–Kier alpha value is 4.46. The van der Waals surface area contributed by atoms with Crippen LogP contribution in [0, 0.1) is 0 Å². The molecule has 0 radical (unpaired) electrons. The van der Waals surface area contributed by atoms with Crippen LogP contribution in [0.5, 0.6) is 0 Å². The molecule has 0 saturated heterocycles. The third-order valence-corrected chi connectivity index (χ3v) is 0.471. The molecule has 0 aromatic carbocycles. The summed E-state index contributed by atoms with van der Waals surface area (Å²) in [6, 6.07) is 0. The summed E-state index contributed by atoms with van der Waals surface area (Å²) in [7, 11) is -5.39. The maximum Gasteiger partial charge on any atom is 1.00 e. The van der Waals surface area contributed by atoms with E-state index >= 15 is 0 Å². The summed E-state index contributed by atoms with van der Waals surface area (Å²) >= 11 is 0. The Bertz CT molecular complexity index is 156. The van der Waals surface area contributed by atoms with Gasteiger partial charge in [-0.25, -0.2) is 0 Å². The topological polar surface area (TPSA) is 95.5 Å². The van der Waals surface area contributed by atoms with Crippen molar-refractivity contribution in [3.8, 4) is 0 Å². The fourth-order valence-electron chi connectivity index (χ4n) is 0.235. The first-order valence-electron chi connectivity index (χ1n) is 2.94. The Balaban J connectivity index is -0.0000000383. The van der Waals surface area contributed by atoms with Crippen molar-refractivity contribution in [3.63, 3.8) is 0 Å². The molecule has 5 nitrogen and oxygen atoms in total. The second-order valence-corrected chi connectivity index (χ2v) is 2.46. The number of hydrogen-bond acceptors (Lipinski definition) is 5. The predicted molar refractivity (Wildman–Crippen MR) is 38.8 cm³/mol. The van der Waals surface area contributed by atoms with Gasteiger partial charge < -0.3 is 24.0 Å². The van der Waals surface area contributed by atoms with E-state index in [1.807, 2.05) is 0 Å². The Kier molecular flexibility index (Phi) is 49.8. The fraction of sp³-hybridized carbons (Fsp3) is 0.333. The van der Waals surface area contributed by atoms with Gasteiger partial charge in [0.1, 0.15) is 0 Å². The van der Waals surface area contributed by atoms with Crippen molar-refractivity contribution in [2.24, 2.45) is 0 Å². The van der Waals surface area contributed by atoms with Crippen molar-refractivity contribution >= 4 is 7.82 Å². The minimum absolute atomic E-state index is 0. The van der Waals surface area contributed by atoms with E-state index < -0.39 is 7.82 Å². The first-order chi connectivity index (χ1) is 5.41. The van der Waals surface area contributed by atoms with Crippen LogP contribution in [0.4, 0.5) is 0 Å². The molecule has 0 fully saturated rings. The van der Waals surface area contributed by atoms with Crippen LogP contribution in [-0.4, -0.2) is 13.2 Å². The Morgan fingerprint density at radius 3 is 1.33 bits per heavy atom. The van der Waals surface area contributed by atoms with Crippen molar-refractivity contribution in [1.29, 1.82) is 0 Å². The summed E-state index contributed by atoms with van der Waals surface area (Å²) in [5.41, 5.74) is 0. The minimum atomic E-state index is -5.39. The van der Waals surface area contributed by atoms with Gasteiger partial charge in [0.15, 0.2) is 0 Å². The van der Waals surface area contributed by atoms with E-state index in [4.69, 9.17) is 24.0 Å². The van der Waals surface area contributed by atoms with E-state index in [1.54, 1.807) is 12.2 Å². The van der Waals surface area contributed by atoms with E-state index in [9.17, 15) is 0 Å². The van der Waals surface area contributed by atoms with Crippen molar-refractivity contribution in [3.05, 3.63) is 25.3 Å². The molecule has 0 rings (SSSR count). The number of hydrogen-bond donors (Lipinski definition) is 0. The molecule has 0 aliphatic carbocycles. The molecule has 72 valence electrons. The molecule has 9 heteroatoms. The van der Waals surface area contributed by atoms with Crippen LogP contribution in [0.3, 0.4) is 0 Å². The third-order valence-electron chi connectivity index (χ3n) is 0.471. The summed E-state index contributed by atoms with van der Waals surface area (Å²) < 4.78 is 13.4. The van der Waals surface area contributed by atoms with E-state index in [0.717, 1.165) is 0 Å². The molecule has 0 bridgehead atoms. The molecular weight excluding hydrogens is 300 g/mol. The molecule has 0 saturated carbocycles. The van der Waals surface area contributed by atoms with Gasteiger partial charge in [-0.05, 0) is 0 Å². The van der Waals surface area contributed by atoms with Gasteiger partial charge in [-0.1, -0.05) is 12.2 Å². The average Bonchev–Trinajstić information content (AvgIpc) is 1.85. The smallest absolute Gasteiger partial charge is 0.822 e.